The van der Waals surface area contributed by atoms with Gasteiger partial charge < -0.3 is 14.8 Å². The molecule has 0 aliphatic rings. The van der Waals surface area contributed by atoms with Crippen LogP contribution in [0.25, 0.3) is 0 Å². The number of ether oxygens (including phenoxy) is 2. The molecule has 0 saturated carbocycles. The van der Waals surface area contributed by atoms with Crippen LogP contribution in [0, 0.1) is 0 Å². The van der Waals surface area contributed by atoms with Gasteiger partial charge >= 0.3 is 6.03 Å². The first kappa shape index (κ1) is 18.8. The van der Waals surface area contributed by atoms with Gasteiger partial charge in [0.1, 0.15) is 11.5 Å². The summed E-state index contributed by atoms with van der Waals surface area (Å²) in [5.41, 5.74) is 0.930. The quantitative estimate of drug-likeness (QED) is 0.755. The molecule has 2 N–H and O–H groups in total. The maximum absolute atomic E-state index is 11.8. The van der Waals surface area contributed by atoms with Gasteiger partial charge in [0.2, 0.25) is 5.91 Å². The summed E-state index contributed by atoms with van der Waals surface area (Å²) in [4.78, 5) is 25.0. The number of amides is 3. The van der Waals surface area contributed by atoms with Gasteiger partial charge in [-0.15, -0.1) is 0 Å². The maximum Gasteiger partial charge on any atom is 0.321 e. The zero-order valence-corrected chi connectivity index (χ0v) is 14.1. The number of hydrogen-bond acceptors (Lipinski definition) is 5. The van der Waals surface area contributed by atoms with E-state index in [1.807, 2.05) is 19.1 Å². The lowest BCUT2D eigenvalue weighted by molar-refractivity contribution is -0.120. The summed E-state index contributed by atoms with van der Waals surface area (Å²) < 4.78 is 10.5. The van der Waals surface area contributed by atoms with E-state index in [1.165, 1.54) is 0 Å². The van der Waals surface area contributed by atoms with Crippen LogP contribution < -0.4 is 20.1 Å². The molecule has 3 amide bonds. The number of methoxy groups -OCH3 is 2. The molecule has 23 heavy (non-hydrogen) atoms. The van der Waals surface area contributed by atoms with Crippen LogP contribution in [0.4, 0.5) is 4.79 Å². The summed E-state index contributed by atoms with van der Waals surface area (Å²) >= 11 is 0. The predicted octanol–water partition coefficient (Wildman–Crippen LogP) is 1.37. The highest BCUT2D eigenvalue weighted by atomic mass is 16.5. The third-order valence-electron chi connectivity index (χ3n) is 3.14. The van der Waals surface area contributed by atoms with Crippen molar-refractivity contribution in [2.45, 2.75) is 19.9 Å². The Morgan fingerprint density at radius 1 is 1.22 bits per heavy atom. The number of likely N-dealkylation sites (N-methyl/N-ethyl adjacent to an activating group) is 1. The highest BCUT2D eigenvalue weighted by molar-refractivity contribution is 5.95. The molecule has 0 spiro atoms. The highest BCUT2D eigenvalue weighted by Crippen LogP contribution is 2.25. The number of hydrogen-bond donors (Lipinski definition) is 2. The van der Waals surface area contributed by atoms with Crippen LogP contribution >= 0.6 is 0 Å². The minimum absolute atomic E-state index is 0.106. The fraction of sp³-hybridized carbons (Fsp3) is 0.500. The highest BCUT2D eigenvalue weighted by Gasteiger charge is 2.12. The van der Waals surface area contributed by atoms with Crippen molar-refractivity contribution in [2.24, 2.45) is 0 Å². The molecule has 1 aromatic carbocycles. The number of nitrogens with zero attached hydrogens (tertiary/aromatic N) is 1. The van der Waals surface area contributed by atoms with Crippen molar-refractivity contribution in [3.05, 3.63) is 23.8 Å². The third-order valence-corrected chi connectivity index (χ3v) is 3.14. The summed E-state index contributed by atoms with van der Waals surface area (Å²) in [6.45, 7) is 3.10. The number of carbonyl (C=O) groups is 2. The summed E-state index contributed by atoms with van der Waals surface area (Å²) in [6.07, 6.45) is 0.818. The fourth-order valence-corrected chi connectivity index (χ4v) is 2.02. The molecule has 0 saturated heterocycles. The molecule has 1 rings (SSSR count). The number of nitrogens with one attached hydrogen (secondary N) is 2. The first-order valence-corrected chi connectivity index (χ1v) is 7.47. The van der Waals surface area contributed by atoms with Crippen LogP contribution in [0.2, 0.25) is 0 Å². The molecule has 0 unspecified atom stereocenters. The van der Waals surface area contributed by atoms with E-state index in [0.29, 0.717) is 24.6 Å². The Balaban J connectivity index is 2.54. The van der Waals surface area contributed by atoms with Gasteiger partial charge in [-0.3, -0.25) is 15.0 Å². The van der Waals surface area contributed by atoms with Gasteiger partial charge in [-0.2, -0.15) is 0 Å². The average Bonchev–Trinajstić information content (AvgIpc) is 2.52. The molecular weight excluding hydrogens is 298 g/mol. The third kappa shape index (κ3) is 6.56. The van der Waals surface area contributed by atoms with Gasteiger partial charge in [-0.25, -0.2) is 4.79 Å². The largest absolute Gasteiger partial charge is 0.497 e. The Bertz CT molecular complexity index is 534. The number of carbonyl (C=O) groups excluding carboxylic acids is 2. The zero-order chi connectivity index (χ0) is 17.2. The van der Waals surface area contributed by atoms with Crippen molar-refractivity contribution in [2.75, 3.05) is 34.4 Å². The van der Waals surface area contributed by atoms with Crippen molar-refractivity contribution < 1.29 is 19.1 Å². The molecule has 0 aliphatic carbocycles. The SMILES string of the molecule is CCCNC(=O)NC(=O)CN(C)Cc1ccc(OC)cc1OC. The number of urea groups is 1. The molecule has 0 aromatic heterocycles. The Morgan fingerprint density at radius 3 is 2.57 bits per heavy atom. The van der Waals surface area contributed by atoms with E-state index in [-0.39, 0.29) is 12.5 Å². The van der Waals surface area contributed by atoms with Gasteiger partial charge in [0.25, 0.3) is 0 Å². The Kier molecular flexibility index (Phi) is 7.90. The minimum atomic E-state index is -0.465. The molecule has 0 fully saturated rings. The number of rotatable bonds is 8. The van der Waals surface area contributed by atoms with Gasteiger partial charge in [0.15, 0.2) is 0 Å². The summed E-state index contributed by atoms with van der Waals surface area (Å²) in [6, 6.07) is 5.05. The summed E-state index contributed by atoms with van der Waals surface area (Å²) in [7, 11) is 4.98. The first-order valence-electron chi connectivity index (χ1n) is 7.47. The van der Waals surface area contributed by atoms with E-state index in [4.69, 9.17) is 9.47 Å². The second kappa shape index (κ2) is 9.68. The van der Waals surface area contributed by atoms with E-state index >= 15 is 0 Å². The Morgan fingerprint density at radius 2 is 1.96 bits per heavy atom. The second-order valence-electron chi connectivity index (χ2n) is 5.15. The molecule has 1 aromatic rings. The average molecular weight is 323 g/mol. The van der Waals surface area contributed by atoms with Crippen LogP contribution in [0.3, 0.4) is 0 Å². The molecular formula is C16H25N3O4. The van der Waals surface area contributed by atoms with Crippen LogP contribution in [-0.4, -0.2) is 51.2 Å². The molecule has 0 radical (unpaired) electrons. The lowest BCUT2D eigenvalue weighted by Gasteiger charge is -2.18. The molecule has 128 valence electrons. The van der Waals surface area contributed by atoms with Gasteiger partial charge in [0, 0.05) is 24.7 Å². The minimum Gasteiger partial charge on any atom is -0.497 e. The normalized spacial score (nSPS) is 10.3. The lowest BCUT2D eigenvalue weighted by atomic mass is 10.2. The van der Waals surface area contributed by atoms with Crippen LogP contribution in [0.15, 0.2) is 18.2 Å². The molecule has 0 atom stereocenters. The summed E-state index contributed by atoms with van der Waals surface area (Å²) in [5.74, 6) is 1.05. The second-order valence-corrected chi connectivity index (χ2v) is 5.15. The van der Waals surface area contributed by atoms with Crippen molar-refractivity contribution in [1.82, 2.24) is 15.5 Å². The van der Waals surface area contributed by atoms with E-state index in [2.05, 4.69) is 10.6 Å². The topological polar surface area (TPSA) is 79.9 Å². The van der Waals surface area contributed by atoms with Gasteiger partial charge in [0.05, 0.1) is 20.8 Å². The number of benzene rings is 1. The van der Waals surface area contributed by atoms with Crippen molar-refractivity contribution in [1.29, 1.82) is 0 Å². The first-order chi connectivity index (χ1) is 11.0. The van der Waals surface area contributed by atoms with Crippen LogP contribution in [-0.2, 0) is 11.3 Å². The molecule has 0 aliphatic heterocycles. The zero-order valence-electron chi connectivity index (χ0n) is 14.1. The molecule has 0 bridgehead atoms. The smallest absolute Gasteiger partial charge is 0.321 e. The monoisotopic (exact) mass is 323 g/mol. The Hall–Kier alpha value is -2.28. The van der Waals surface area contributed by atoms with Gasteiger partial charge in [-0.1, -0.05) is 13.0 Å². The van der Waals surface area contributed by atoms with Crippen LogP contribution in [0.5, 0.6) is 11.5 Å². The van der Waals surface area contributed by atoms with E-state index < -0.39 is 6.03 Å². The maximum atomic E-state index is 11.8. The van der Waals surface area contributed by atoms with Crippen molar-refractivity contribution in [3.8, 4) is 11.5 Å². The van der Waals surface area contributed by atoms with Crippen molar-refractivity contribution in [3.63, 3.8) is 0 Å². The van der Waals surface area contributed by atoms with Gasteiger partial charge in [-0.05, 0) is 19.5 Å². The number of imide groups is 1. The lowest BCUT2D eigenvalue weighted by Crippen LogP contribution is -2.43. The Labute approximate surface area is 136 Å². The van der Waals surface area contributed by atoms with E-state index in [1.54, 1.807) is 32.2 Å². The standard InChI is InChI=1S/C16H25N3O4/c1-5-8-17-16(21)18-15(20)11-19(2)10-12-6-7-13(22-3)9-14(12)23-4/h6-7,9H,5,8,10-11H2,1-4H3,(H2,17,18,20,21). The van der Waals surface area contributed by atoms with E-state index in [0.717, 1.165) is 12.0 Å². The van der Waals surface area contributed by atoms with Crippen molar-refractivity contribution >= 4 is 11.9 Å². The van der Waals surface area contributed by atoms with Crippen LogP contribution in [0.1, 0.15) is 18.9 Å². The molecule has 7 nitrogen and oxygen atoms in total. The molecule has 0 heterocycles. The van der Waals surface area contributed by atoms with E-state index in [9.17, 15) is 9.59 Å². The molecule has 7 heteroatoms. The fourth-order valence-electron chi connectivity index (χ4n) is 2.02. The summed E-state index contributed by atoms with van der Waals surface area (Å²) in [5, 5.41) is 4.89. The predicted molar refractivity (Wildman–Crippen MR) is 87.7 cm³/mol.